The maximum atomic E-state index is 12.9. The lowest BCUT2D eigenvalue weighted by Gasteiger charge is -2.44. The highest BCUT2D eigenvalue weighted by Crippen LogP contribution is 2.39. The molecule has 1 aromatic carbocycles. The number of piperidine rings is 2. The number of hydrogen-bond acceptors (Lipinski definition) is 3. The van der Waals surface area contributed by atoms with Crippen LogP contribution in [0.15, 0.2) is 24.3 Å². The van der Waals surface area contributed by atoms with Crippen LogP contribution in [0.4, 0.5) is 0 Å². The Labute approximate surface area is 155 Å². The number of benzene rings is 1. The van der Waals surface area contributed by atoms with Gasteiger partial charge in [-0.3, -0.25) is 9.59 Å². The summed E-state index contributed by atoms with van der Waals surface area (Å²) in [6.07, 6.45) is 7.27. The summed E-state index contributed by atoms with van der Waals surface area (Å²) in [5.41, 5.74) is 2.34. The molecule has 2 aliphatic rings. The van der Waals surface area contributed by atoms with Gasteiger partial charge in [0.2, 0.25) is 0 Å². The van der Waals surface area contributed by atoms with E-state index in [1.54, 1.807) is 0 Å². The van der Waals surface area contributed by atoms with E-state index in [0.717, 1.165) is 63.0 Å². The van der Waals surface area contributed by atoms with Gasteiger partial charge in [0.05, 0.1) is 0 Å². The van der Waals surface area contributed by atoms with Crippen LogP contribution >= 0.6 is 0 Å². The number of nitrogens with zero attached hydrogens (tertiary/aromatic N) is 1. The number of hydrogen-bond donors (Lipinski definition) is 2. The van der Waals surface area contributed by atoms with Gasteiger partial charge in [-0.25, -0.2) is 0 Å². The molecule has 2 aliphatic heterocycles. The molecule has 5 nitrogen and oxygen atoms in total. The molecule has 0 atom stereocenters. The van der Waals surface area contributed by atoms with Crippen molar-refractivity contribution in [3.8, 4) is 0 Å². The largest absolute Gasteiger partial charge is 0.481 e. The molecule has 2 saturated heterocycles. The van der Waals surface area contributed by atoms with Gasteiger partial charge in [-0.15, -0.1) is 0 Å². The minimum absolute atomic E-state index is 0.140. The maximum absolute atomic E-state index is 12.9. The molecule has 142 valence electrons. The van der Waals surface area contributed by atoms with Crippen molar-refractivity contribution in [2.24, 2.45) is 5.41 Å². The molecule has 0 bridgehead atoms. The van der Waals surface area contributed by atoms with Gasteiger partial charge in [-0.1, -0.05) is 12.1 Å². The van der Waals surface area contributed by atoms with Crippen LogP contribution in [-0.4, -0.2) is 48.1 Å². The molecule has 0 aromatic heterocycles. The normalized spacial score (nSPS) is 19.5. The third kappa shape index (κ3) is 4.85. The summed E-state index contributed by atoms with van der Waals surface area (Å²) in [6, 6.07) is 7.85. The fourth-order valence-electron chi connectivity index (χ4n) is 4.29. The second-order valence-electron chi connectivity index (χ2n) is 7.84. The number of aryl methyl sites for hydroxylation is 1. The van der Waals surface area contributed by atoms with Gasteiger partial charge in [0, 0.05) is 25.1 Å². The van der Waals surface area contributed by atoms with Crippen LogP contribution in [0.1, 0.15) is 60.9 Å². The molecule has 1 amide bonds. The lowest BCUT2D eigenvalue weighted by molar-refractivity contribution is -0.137. The first-order valence-corrected chi connectivity index (χ1v) is 9.89. The highest BCUT2D eigenvalue weighted by atomic mass is 16.4. The maximum Gasteiger partial charge on any atom is 0.303 e. The van der Waals surface area contributed by atoms with E-state index in [4.69, 9.17) is 5.11 Å². The molecular weight excluding hydrogens is 328 g/mol. The predicted molar refractivity (Wildman–Crippen MR) is 101 cm³/mol. The van der Waals surface area contributed by atoms with Gasteiger partial charge >= 0.3 is 5.97 Å². The molecule has 26 heavy (non-hydrogen) atoms. The molecule has 2 heterocycles. The number of carboxylic acids is 1. The second kappa shape index (κ2) is 8.67. The van der Waals surface area contributed by atoms with Crippen LogP contribution in [0, 0.1) is 5.41 Å². The zero-order valence-corrected chi connectivity index (χ0v) is 15.5. The Bertz CT molecular complexity index is 628. The predicted octanol–water partition coefficient (Wildman–Crippen LogP) is 3.09. The van der Waals surface area contributed by atoms with Crippen molar-refractivity contribution >= 4 is 11.9 Å². The third-order valence-electron chi connectivity index (χ3n) is 6.06. The molecule has 0 aliphatic carbocycles. The van der Waals surface area contributed by atoms with E-state index >= 15 is 0 Å². The van der Waals surface area contributed by atoms with Crippen molar-refractivity contribution < 1.29 is 14.7 Å². The van der Waals surface area contributed by atoms with E-state index in [2.05, 4.69) is 5.32 Å². The number of unbranched alkanes of at least 4 members (excludes halogenated alkanes) is 1. The molecular formula is C21H30N2O3. The summed E-state index contributed by atoms with van der Waals surface area (Å²) in [5.74, 6) is -0.605. The van der Waals surface area contributed by atoms with Crippen molar-refractivity contribution in [1.82, 2.24) is 10.2 Å². The number of carbonyl (C=O) groups excluding carboxylic acids is 1. The van der Waals surface area contributed by atoms with Gasteiger partial charge in [-0.2, -0.15) is 0 Å². The van der Waals surface area contributed by atoms with Crippen molar-refractivity contribution in [2.45, 2.75) is 51.4 Å². The first-order chi connectivity index (χ1) is 12.6. The first-order valence-electron chi connectivity index (χ1n) is 9.89. The highest BCUT2D eigenvalue weighted by molar-refractivity contribution is 5.94. The third-order valence-corrected chi connectivity index (χ3v) is 6.06. The Morgan fingerprint density at radius 2 is 1.81 bits per heavy atom. The fraction of sp³-hybridized carbons (Fsp3) is 0.619. The Balaban J connectivity index is 1.53. The van der Waals surface area contributed by atoms with Crippen molar-refractivity contribution in [1.29, 1.82) is 0 Å². The Morgan fingerprint density at radius 3 is 2.50 bits per heavy atom. The SMILES string of the molecule is O=C(O)CCCCc1cccc(C(=O)N2CCC3(CCNCC3)CC2)c1. The van der Waals surface area contributed by atoms with Crippen molar-refractivity contribution in [3.05, 3.63) is 35.4 Å². The summed E-state index contributed by atoms with van der Waals surface area (Å²) in [6.45, 7) is 3.94. The van der Waals surface area contributed by atoms with Gasteiger partial charge in [0.15, 0.2) is 0 Å². The smallest absolute Gasteiger partial charge is 0.303 e. The molecule has 0 saturated carbocycles. The van der Waals surface area contributed by atoms with Crippen LogP contribution in [0.25, 0.3) is 0 Å². The minimum Gasteiger partial charge on any atom is -0.481 e. The van der Waals surface area contributed by atoms with Gasteiger partial charge in [0.1, 0.15) is 0 Å². The number of nitrogens with one attached hydrogen (secondary N) is 1. The average Bonchev–Trinajstić information content (AvgIpc) is 2.66. The summed E-state index contributed by atoms with van der Waals surface area (Å²) in [7, 11) is 0. The topological polar surface area (TPSA) is 69.6 Å². The highest BCUT2D eigenvalue weighted by Gasteiger charge is 2.36. The van der Waals surface area contributed by atoms with Crippen LogP contribution in [0.2, 0.25) is 0 Å². The van der Waals surface area contributed by atoms with Gasteiger partial charge < -0.3 is 15.3 Å². The van der Waals surface area contributed by atoms with Crippen LogP contribution in [0.5, 0.6) is 0 Å². The Kier molecular flexibility index (Phi) is 6.30. The first kappa shape index (κ1) is 18.9. The number of aliphatic carboxylic acids is 1. The van der Waals surface area contributed by atoms with E-state index < -0.39 is 5.97 Å². The van der Waals surface area contributed by atoms with Gasteiger partial charge in [-0.05, 0) is 81.1 Å². The molecule has 1 aromatic rings. The Hall–Kier alpha value is -1.88. The van der Waals surface area contributed by atoms with E-state index in [0.29, 0.717) is 11.8 Å². The molecule has 2 N–H and O–H groups in total. The number of carboxylic acid groups (broad SMARTS) is 1. The number of amides is 1. The lowest BCUT2D eigenvalue weighted by Crippen LogP contribution is -2.47. The summed E-state index contributed by atoms with van der Waals surface area (Å²) < 4.78 is 0. The van der Waals surface area contributed by atoms with Crippen LogP contribution in [-0.2, 0) is 11.2 Å². The van der Waals surface area contributed by atoms with E-state index in [9.17, 15) is 9.59 Å². The molecule has 3 rings (SSSR count). The number of rotatable bonds is 6. The number of carbonyl (C=O) groups is 2. The van der Waals surface area contributed by atoms with Gasteiger partial charge in [0.25, 0.3) is 5.91 Å². The molecule has 5 heteroatoms. The lowest BCUT2D eigenvalue weighted by atomic mass is 9.71. The Morgan fingerprint density at radius 1 is 1.08 bits per heavy atom. The molecule has 0 unspecified atom stereocenters. The number of likely N-dealkylation sites (tertiary alicyclic amines) is 1. The van der Waals surface area contributed by atoms with E-state index in [1.165, 1.54) is 12.8 Å². The van der Waals surface area contributed by atoms with E-state index in [1.807, 2.05) is 29.2 Å². The summed E-state index contributed by atoms with van der Waals surface area (Å²) in [4.78, 5) is 25.5. The fourth-order valence-corrected chi connectivity index (χ4v) is 4.29. The molecule has 0 radical (unpaired) electrons. The average molecular weight is 358 g/mol. The van der Waals surface area contributed by atoms with Crippen molar-refractivity contribution in [3.63, 3.8) is 0 Å². The standard InChI is InChI=1S/C21H30N2O3/c24-19(25)7-2-1-4-17-5-3-6-18(16-17)20(26)23-14-10-21(11-15-23)8-12-22-13-9-21/h3,5-6,16,22H,1-2,4,7-15H2,(H,24,25). The van der Waals surface area contributed by atoms with Crippen LogP contribution < -0.4 is 5.32 Å². The molecule has 2 fully saturated rings. The van der Waals surface area contributed by atoms with Crippen LogP contribution in [0.3, 0.4) is 0 Å². The quantitative estimate of drug-likeness (QED) is 0.767. The summed E-state index contributed by atoms with van der Waals surface area (Å²) >= 11 is 0. The zero-order valence-electron chi connectivity index (χ0n) is 15.5. The molecule has 1 spiro atoms. The summed E-state index contributed by atoms with van der Waals surface area (Å²) in [5, 5.41) is 12.1. The second-order valence-corrected chi connectivity index (χ2v) is 7.84. The minimum atomic E-state index is -0.745. The monoisotopic (exact) mass is 358 g/mol. The zero-order chi connectivity index (χ0) is 18.4. The van der Waals surface area contributed by atoms with E-state index in [-0.39, 0.29) is 12.3 Å². The van der Waals surface area contributed by atoms with Crippen molar-refractivity contribution in [2.75, 3.05) is 26.2 Å².